The van der Waals surface area contributed by atoms with Crippen LogP contribution in [0.5, 0.6) is 11.5 Å². The van der Waals surface area contributed by atoms with E-state index >= 15 is 0 Å². The van der Waals surface area contributed by atoms with E-state index in [0.29, 0.717) is 10.9 Å². The van der Waals surface area contributed by atoms with E-state index in [-0.39, 0.29) is 29.9 Å². The van der Waals surface area contributed by atoms with E-state index in [4.69, 9.17) is 25.5 Å². The average molecular weight is 612 g/mol. The number of halogens is 1. The third kappa shape index (κ3) is 5.55. The van der Waals surface area contributed by atoms with Crippen LogP contribution in [-0.4, -0.2) is 50.1 Å². The molecule has 1 aliphatic carbocycles. The van der Waals surface area contributed by atoms with Gasteiger partial charge in [0.15, 0.2) is 24.9 Å². The Bertz CT molecular complexity index is 1450. The van der Waals surface area contributed by atoms with E-state index in [0.717, 1.165) is 59.1 Å². The molecule has 0 unspecified atom stereocenters. The number of carbonyl (C=O) groups is 1. The van der Waals surface area contributed by atoms with Crippen LogP contribution >= 0.6 is 22.9 Å². The second kappa shape index (κ2) is 10.7. The van der Waals surface area contributed by atoms with Gasteiger partial charge in [-0.3, -0.25) is 9.69 Å². The summed E-state index contributed by atoms with van der Waals surface area (Å²) < 4.78 is 17.8. The number of carbonyl (C=O) groups excluding carboxylic acids is 1. The number of rotatable bonds is 8. The van der Waals surface area contributed by atoms with Gasteiger partial charge in [0, 0.05) is 29.2 Å². The molecule has 2 aromatic carbocycles. The number of thiazole rings is 1. The molecule has 3 aromatic rings. The number of benzene rings is 2. The number of likely N-dealkylation sites (tertiary alicyclic amines) is 1. The zero-order valence-corrected chi connectivity index (χ0v) is 26.9. The predicted octanol–water partition coefficient (Wildman–Crippen LogP) is 7.38. The van der Waals surface area contributed by atoms with Crippen molar-refractivity contribution in [1.82, 2.24) is 9.88 Å². The third-order valence-corrected chi connectivity index (χ3v) is 15.0. The van der Waals surface area contributed by atoms with Gasteiger partial charge in [0.1, 0.15) is 0 Å². The van der Waals surface area contributed by atoms with E-state index < -0.39 is 13.7 Å². The average Bonchev–Trinajstić information content (AvgIpc) is 3.21. The van der Waals surface area contributed by atoms with Crippen molar-refractivity contribution in [2.45, 2.75) is 75.7 Å². The SMILES string of the molecule is CC(C)(C)[Si](C)(C)O[C@H]1CCN([C@H](c2cnc(NC(=O)C3(c4ccc5c(c4)OCO5)CC3)s2)c2ccccc2Cl)C1. The van der Waals surface area contributed by atoms with Crippen LogP contribution in [0.15, 0.2) is 48.7 Å². The van der Waals surface area contributed by atoms with Gasteiger partial charge in [-0.1, -0.05) is 68.0 Å². The fourth-order valence-corrected chi connectivity index (χ4v) is 8.14. The van der Waals surface area contributed by atoms with Crippen molar-refractivity contribution in [3.63, 3.8) is 0 Å². The van der Waals surface area contributed by atoms with Crippen LogP contribution in [0.3, 0.4) is 0 Å². The Morgan fingerprint density at radius 1 is 1.20 bits per heavy atom. The molecule has 1 N–H and O–H groups in total. The van der Waals surface area contributed by atoms with Gasteiger partial charge in [0.2, 0.25) is 12.7 Å². The van der Waals surface area contributed by atoms with Crippen LogP contribution in [0.25, 0.3) is 0 Å². The van der Waals surface area contributed by atoms with E-state index in [1.165, 1.54) is 11.3 Å². The molecule has 1 saturated carbocycles. The summed E-state index contributed by atoms with van der Waals surface area (Å²) in [5, 5.41) is 4.61. The van der Waals surface area contributed by atoms with Crippen molar-refractivity contribution >= 4 is 42.3 Å². The summed E-state index contributed by atoms with van der Waals surface area (Å²) in [6.45, 7) is 13.4. The van der Waals surface area contributed by atoms with Gasteiger partial charge in [-0.2, -0.15) is 0 Å². The molecule has 2 aliphatic heterocycles. The minimum absolute atomic E-state index is 0.0319. The summed E-state index contributed by atoms with van der Waals surface area (Å²) in [6.07, 6.45) is 4.64. The van der Waals surface area contributed by atoms with Gasteiger partial charge in [0.25, 0.3) is 0 Å². The highest BCUT2D eigenvalue weighted by atomic mass is 35.5. The van der Waals surface area contributed by atoms with Crippen molar-refractivity contribution in [3.05, 3.63) is 69.7 Å². The number of nitrogens with zero attached hydrogens (tertiary/aromatic N) is 2. The molecule has 10 heteroatoms. The zero-order chi connectivity index (χ0) is 29.0. The maximum Gasteiger partial charge on any atom is 0.236 e. The molecule has 0 spiro atoms. The maximum absolute atomic E-state index is 13.6. The van der Waals surface area contributed by atoms with Crippen LogP contribution in [0.1, 0.15) is 62.1 Å². The largest absolute Gasteiger partial charge is 0.454 e. The Hall–Kier alpha value is -2.43. The summed E-state index contributed by atoms with van der Waals surface area (Å²) in [7, 11) is -1.89. The molecule has 1 saturated heterocycles. The number of hydrogen-bond donors (Lipinski definition) is 1. The van der Waals surface area contributed by atoms with Crippen molar-refractivity contribution in [2.75, 3.05) is 25.2 Å². The molecule has 218 valence electrons. The van der Waals surface area contributed by atoms with E-state index in [9.17, 15) is 4.79 Å². The monoisotopic (exact) mass is 611 g/mol. The lowest BCUT2D eigenvalue weighted by Crippen LogP contribution is -2.44. The Kier molecular flexibility index (Phi) is 7.47. The lowest BCUT2D eigenvalue weighted by atomic mass is 9.94. The lowest BCUT2D eigenvalue weighted by Gasteiger charge is -2.38. The van der Waals surface area contributed by atoms with Gasteiger partial charge in [-0.15, -0.1) is 0 Å². The van der Waals surface area contributed by atoms with E-state index in [2.05, 4.69) is 55.1 Å². The second-order valence-electron chi connectivity index (χ2n) is 12.9. The number of aromatic nitrogens is 1. The molecule has 1 amide bonds. The highest BCUT2D eigenvalue weighted by Crippen LogP contribution is 2.51. The molecule has 0 radical (unpaired) electrons. The van der Waals surface area contributed by atoms with Crippen LogP contribution in [0.2, 0.25) is 23.2 Å². The second-order valence-corrected chi connectivity index (χ2v) is 19.1. The first-order valence-corrected chi connectivity index (χ1v) is 18.4. The predicted molar refractivity (Wildman–Crippen MR) is 166 cm³/mol. The standard InChI is InChI=1S/C31H38ClN3O4SSi/c1-30(2,3)41(4,5)39-21-12-15-35(18-21)27(22-8-6-7-9-23(22)32)26-17-33-29(40-26)34-28(36)31(13-14-31)20-10-11-24-25(16-20)38-19-37-24/h6-11,16-17,21,27H,12-15,18-19H2,1-5H3,(H,33,34,36)/t21-,27-/m0/s1. The number of hydrogen-bond acceptors (Lipinski definition) is 7. The Balaban J connectivity index is 1.21. The minimum Gasteiger partial charge on any atom is -0.454 e. The molecule has 2 atom stereocenters. The Labute approximate surface area is 252 Å². The molecule has 0 bridgehead atoms. The van der Waals surface area contributed by atoms with Crippen molar-refractivity contribution < 1.29 is 18.7 Å². The topological polar surface area (TPSA) is 72.9 Å². The van der Waals surface area contributed by atoms with Crippen LogP contribution in [-0.2, 0) is 14.6 Å². The lowest BCUT2D eigenvalue weighted by molar-refractivity contribution is -0.118. The van der Waals surface area contributed by atoms with Crippen molar-refractivity contribution in [3.8, 4) is 11.5 Å². The molecular formula is C31H38ClN3O4SSi. The quantitative estimate of drug-likeness (QED) is 0.268. The van der Waals surface area contributed by atoms with Crippen molar-refractivity contribution in [2.24, 2.45) is 0 Å². The normalized spacial score (nSPS) is 20.7. The number of ether oxygens (including phenoxy) is 2. The summed E-state index contributed by atoms with van der Waals surface area (Å²) in [5.41, 5.74) is 1.44. The first-order valence-electron chi connectivity index (χ1n) is 14.3. The summed E-state index contributed by atoms with van der Waals surface area (Å²) >= 11 is 8.28. The summed E-state index contributed by atoms with van der Waals surface area (Å²) in [4.78, 5) is 21.7. The Morgan fingerprint density at radius 3 is 2.68 bits per heavy atom. The summed E-state index contributed by atoms with van der Waals surface area (Å²) in [5.74, 6) is 1.39. The van der Waals surface area contributed by atoms with Gasteiger partial charge in [0.05, 0.1) is 17.6 Å². The number of anilines is 1. The number of fused-ring (bicyclic) bond motifs is 1. The fourth-order valence-electron chi connectivity index (χ4n) is 5.56. The van der Waals surface area contributed by atoms with E-state index in [1.54, 1.807) is 0 Å². The minimum atomic E-state index is -1.89. The number of amides is 1. The molecule has 41 heavy (non-hydrogen) atoms. The highest BCUT2D eigenvalue weighted by molar-refractivity contribution is 7.15. The molecule has 2 fully saturated rings. The van der Waals surface area contributed by atoms with Gasteiger partial charge >= 0.3 is 0 Å². The highest BCUT2D eigenvalue weighted by Gasteiger charge is 2.52. The van der Waals surface area contributed by atoms with Gasteiger partial charge in [-0.05, 0) is 66.7 Å². The third-order valence-electron chi connectivity index (χ3n) is 9.13. The molecule has 6 rings (SSSR count). The molecule has 7 nitrogen and oxygen atoms in total. The maximum atomic E-state index is 13.6. The Morgan fingerprint density at radius 2 is 1.95 bits per heavy atom. The summed E-state index contributed by atoms with van der Waals surface area (Å²) in [6, 6.07) is 13.7. The first-order chi connectivity index (χ1) is 19.5. The molecule has 3 heterocycles. The molecular weight excluding hydrogens is 574 g/mol. The number of nitrogens with one attached hydrogen (secondary N) is 1. The fraction of sp³-hybridized carbons (Fsp3) is 0.484. The molecule has 1 aromatic heterocycles. The zero-order valence-electron chi connectivity index (χ0n) is 24.3. The molecule has 3 aliphatic rings. The van der Waals surface area contributed by atoms with Crippen LogP contribution in [0.4, 0.5) is 5.13 Å². The first kappa shape index (κ1) is 28.7. The smallest absolute Gasteiger partial charge is 0.236 e. The van der Waals surface area contributed by atoms with Crippen LogP contribution in [0, 0.1) is 0 Å². The van der Waals surface area contributed by atoms with Crippen molar-refractivity contribution in [1.29, 1.82) is 0 Å². The van der Waals surface area contributed by atoms with E-state index in [1.807, 2.05) is 42.6 Å². The van der Waals surface area contributed by atoms with Crippen LogP contribution < -0.4 is 14.8 Å². The van der Waals surface area contributed by atoms with Gasteiger partial charge < -0.3 is 19.2 Å². The van der Waals surface area contributed by atoms with Gasteiger partial charge in [-0.25, -0.2) is 4.98 Å².